The number of nitrogens with zero attached hydrogens (tertiary/aromatic N) is 1. The topological polar surface area (TPSA) is 68.0 Å². The van der Waals surface area contributed by atoms with Crippen LogP contribution >= 0.6 is 12.2 Å². The molecule has 1 rings (SSSR count). The summed E-state index contributed by atoms with van der Waals surface area (Å²) in [6.45, 7) is 6.41. The van der Waals surface area contributed by atoms with E-state index in [-0.39, 0.29) is 5.91 Å². The van der Waals surface area contributed by atoms with Crippen LogP contribution in [-0.2, 0) is 11.3 Å². The number of aryl methyl sites for hydroxylation is 1. The van der Waals surface area contributed by atoms with Crippen LogP contribution in [0.5, 0.6) is 0 Å². The van der Waals surface area contributed by atoms with Crippen LogP contribution in [-0.4, -0.2) is 15.9 Å². The fraction of sp³-hybridized carbons (Fsp3) is 0.562. The van der Waals surface area contributed by atoms with Crippen LogP contribution in [0, 0.1) is 12.3 Å². The van der Waals surface area contributed by atoms with Gasteiger partial charge in [0.05, 0.1) is 22.6 Å². The second kappa shape index (κ2) is 8.08. The van der Waals surface area contributed by atoms with Crippen LogP contribution in [0.25, 0.3) is 0 Å². The quantitative estimate of drug-likeness (QED) is 0.725. The molecule has 1 heterocycles. The molecule has 5 heteroatoms. The molecule has 0 unspecified atom stereocenters. The number of rotatable bonds is 8. The smallest absolute Gasteiger partial charge is 0.233 e. The zero-order chi connectivity index (χ0) is 15.9. The number of nitrogens with two attached hydrogens (primary N) is 1. The lowest BCUT2D eigenvalue weighted by molar-refractivity contribution is -0.128. The van der Waals surface area contributed by atoms with Crippen molar-refractivity contribution in [3.63, 3.8) is 0 Å². The second-order valence-corrected chi connectivity index (χ2v) is 5.84. The van der Waals surface area contributed by atoms with E-state index in [4.69, 9.17) is 18.0 Å². The highest BCUT2D eigenvalue weighted by atomic mass is 32.1. The highest BCUT2D eigenvalue weighted by molar-refractivity contribution is 7.80. The summed E-state index contributed by atoms with van der Waals surface area (Å²) in [5, 5.41) is 2.95. The van der Waals surface area contributed by atoms with E-state index in [9.17, 15) is 4.79 Å². The lowest BCUT2D eigenvalue weighted by Gasteiger charge is -2.31. The number of aromatic nitrogens is 1. The lowest BCUT2D eigenvalue weighted by Crippen LogP contribution is -2.48. The van der Waals surface area contributed by atoms with E-state index >= 15 is 0 Å². The molecule has 0 radical (unpaired) electrons. The predicted octanol–water partition coefficient (Wildman–Crippen LogP) is 2.88. The van der Waals surface area contributed by atoms with Gasteiger partial charge in [-0.3, -0.25) is 9.78 Å². The maximum Gasteiger partial charge on any atom is 0.233 e. The van der Waals surface area contributed by atoms with Gasteiger partial charge in [0.2, 0.25) is 5.91 Å². The molecule has 0 spiro atoms. The summed E-state index contributed by atoms with van der Waals surface area (Å²) in [4.78, 5) is 17.3. The first-order valence-electron chi connectivity index (χ1n) is 7.47. The first-order valence-corrected chi connectivity index (χ1v) is 7.87. The minimum atomic E-state index is -0.733. The average molecular weight is 307 g/mol. The number of pyridine rings is 1. The van der Waals surface area contributed by atoms with Gasteiger partial charge >= 0.3 is 0 Å². The molecule has 0 bridgehead atoms. The lowest BCUT2D eigenvalue weighted by atomic mass is 9.78. The number of nitrogens with one attached hydrogen (secondary N) is 1. The van der Waals surface area contributed by atoms with Crippen LogP contribution in [0.1, 0.15) is 50.9 Å². The van der Waals surface area contributed by atoms with E-state index in [0.717, 1.165) is 24.2 Å². The van der Waals surface area contributed by atoms with Crippen molar-refractivity contribution in [1.29, 1.82) is 0 Å². The fourth-order valence-corrected chi connectivity index (χ4v) is 2.90. The van der Waals surface area contributed by atoms with Crippen molar-refractivity contribution in [3.05, 3.63) is 29.6 Å². The van der Waals surface area contributed by atoms with Gasteiger partial charge in [-0.05, 0) is 31.9 Å². The number of thiocarbonyl (C=S) groups is 1. The summed E-state index contributed by atoms with van der Waals surface area (Å²) in [5.74, 6) is -0.0815. The molecule has 3 N–H and O–H groups in total. The zero-order valence-corrected chi connectivity index (χ0v) is 13.9. The van der Waals surface area contributed by atoms with Gasteiger partial charge in [0.1, 0.15) is 0 Å². The number of carbonyl (C=O) groups is 1. The Kier molecular flexibility index (Phi) is 6.75. The maximum atomic E-state index is 12.6. The summed E-state index contributed by atoms with van der Waals surface area (Å²) >= 11 is 5.19. The summed E-state index contributed by atoms with van der Waals surface area (Å²) in [7, 11) is 0. The Morgan fingerprint density at radius 3 is 2.43 bits per heavy atom. The van der Waals surface area contributed by atoms with Crippen molar-refractivity contribution >= 4 is 23.1 Å². The molecule has 1 aromatic rings. The first kappa shape index (κ1) is 17.6. The largest absolute Gasteiger partial charge is 0.392 e. The van der Waals surface area contributed by atoms with Crippen molar-refractivity contribution in [2.45, 2.75) is 53.0 Å². The Labute approximate surface area is 132 Å². The van der Waals surface area contributed by atoms with Crippen molar-refractivity contribution in [1.82, 2.24) is 10.3 Å². The molecule has 1 aromatic heterocycles. The molecule has 1 amide bonds. The van der Waals surface area contributed by atoms with Gasteiger partial charge in [0.25, 0.3) is 0 Å². The molecule has 0 saturated carbocycles. The van der Waals surface area contributed by atoms with Crippen molar-refractivity contribution in [2.24, 2.45) is 11.1 Å². The third kappa shape index (κ3) is 4.49. The third-order valence-electron chi connectivity index (χ3n) is 3.64. The molecule has 0 aliphatic carbocycles. The van der Waals surface area contributed by atoms with Crippen LogP contribution < -0.4 is 11.1 Å². The van der Waals surface area contributed by atoms with Crippen LogP contribution in [0.3, 0.4) is 0 Å². The van der Waals surface area contributed by atoms with Gasteiger partial charge in [0, 0.05) is 5.69 Å². The van der Waals surface area contributed by atoms with Gasteiger partial charge in [-0.25, -0.2) is 0 Å². The second-order valence-electron chi connectivity index (χ2n) is 5.40. The Morgan fingerprint density at radius 2 is 1.95 bits per heavy atom. The molecule has 21 heavy (non-hydrogen) atoms. The summed E-state index contributed by atoms with van der Waals surface area (Å²) in [6, 6.07) is 5.76. The standard InChI is InChI=1S/C16H25N3OS/c1-4-9-16(10-5-2,14(17)21)15(20)18-11-13-8-6-7-12(3)19-13/h6-8H,4-5,9-11H2,1-3H3,(H2,17,21)(H,18,20). The molecular weight excluding hydrogens is 282 g/mol. The Balaban J connectivity index is 2.83. The van der Waals surface area contributed by atoms with E-state index < -0.39 is 5.41 Å². The van der Waals surface area contributed by atoms with Gasteiger partial charge in [0.15, 0.2) is 0 Å². The van der Waals surface area contributed by atoms with Gasteiger partial charge in [-0.2, -0.15) is 0 Å². The number of carbonyl (C=O) groups excluding carboxylic acids is 1. The van der Waals surface area contributed by atoms with E-state index in [0.29, 0.717) is 24.4 Å². The maximum absolute atomic E-state index is 12.6. The Hall–Kier alpha value is -1.49. The third-order valence-corrected chi connectivity index (χ3v) is 4.03. The average Bonchev–Trinajstić information content (AvgIpc) is 2.44. The van der Waals surface area contributed by atoms with E-state index in [1.54, 1.807) is 0 Å². The van der Waals surface area contributed by atoms with E-state index in [1.807, 2.05) is 39.0 Å². The minimum absolute atomic E-state index is 0.0815. The first-order chi connectivity index (χ1) is 9.96. The number of hydrogen-bond acceptors (Lipinski definition) is 3. The molecular formula is C16H25N3OS. The number of amides is 1. The highest BCUT2D eigenvalue weighted by Crippen LogP contribution is 2.31. The van der Waals surface area contributed by atoms with Crippen LogP contribution in [0.15, 0.2) is 18.2 Å². The molecule has 0 saturated heterocycles. The van der Waals surface area contributed by atoms with Crippen molar-refractivity contribution in [2.75, 3.05) is 0 Å². The van der Waals surface area contributed by atoms with Crippen LogP contribution in [0.2, 0.25) is 0 Å². The van der Waals surface area contributed by atoms with Gasteiger partial charge in [-0.1, -0.05) is 45.0 Å². The predicted molar refractivity (Wildman–Crippen MR) is 89.9 cm³/mol. The summed E-state index contributed by atoms with van der Waals surface area (Å²) in [6.07, 6.45) is 3.10. The molecule has 0 fully saturated rings. The molecule has 116 valence electrons. The molecule has 0 aliphatic rings. The highest BCUT2D eigenvalue weighted by Gasteiger charge is 2.39. The molecule has 4 nitrogen and oxygen atoms in total. The molecule has 0 aliphatic heterocycles. The molecule has 0 atom stereocenters. The van der Waals surface area contributed by atoms with Gasteiger partial charge < -0.3 is 11.1 Å². The van der Waals surface area contributed by atoms with Crippen molar-refractivity contribution in [3.8, 4) is 0 Å². The van der Waals surface area contributed by atoms with E-state index in [2.05, 4.69) is 10.3 Å². The minimum Gasteiger partial charge on any atom is -0.392 e. The summed E-state index contributed by atoms with van der Waals surface area (Å²) < 4.78 is 0. The van der Waals surface area contributed by atoms with Crippen molar-refractivity contribution < 1.29 is 4.79 Å². The molecule has 0 aromatic carbocycles. The monoisotopic (exact) mass is 307 g/mol. The SMILES string of the molecule is CCCC(CCC)(C(=O)NCc1cccc(C)n1)C(N)=S. The van der Waals surface area contributed by atoms with E-state index in [1.165, 1.54) is 0 Å². The van der Waals surface area contributed by atoms with Gasteiger partial charge in [-0.15, -0.1) is 0 Å². The normalized spacial score (nSPS) is 11.2. The summed E-state index contributed by atoms with van der Waals surface area (Å²) in [5.41, 5.74) is 6.93. The zero-order valence-electron chi connectivity index (χ0n) is 13.1. The van der Waals surface area contributed by atoms with Crippen LogP contribution in [0.4, 0.5) is 0 Å². The Morgan fingerprint density at radius 1 is 1.33 bits per heavy atom. The number of hydrogen-bond donors (Lipinski definition) is 2. The Bertz CT molecular complexity index is 496. The fourth-order valence-electron chi connectivity index (χ4n) is 2.60.